The number of benzene rings is 1. The van der Waals surface area contributed by atoms with E-state index in [1.54, 1.807) is 6.07 Å². The third-order valence-corrected chi connectivity index (χ3v) is 3.94. The van der Waals surface area contributed by atoms with E-state index in [1.807, 2.05) is 24.3 Å². The third kappa shape index (κ3) is 3.59. The molecule has 0 aliphatic carbocycles. The number of piperidine rings is 1. The molecule has 6 nitrogen and oxygen atoms in total. The van der Waals surface area contributed by atoms with E-state index < -0.39 is 5.91 Å². The van der Waals surface area contributed by atoms with Gasteiger partial charge in [0.15, 0.2) is 5.76 Å². The normalized spacial score (nSPS) is 14.7. The number of rotatable bonds is 4. The summed E-state index contributed by atoms with van der Waals surface area (Å²) in [6, 6.07) is 9.30. The summed E-state index contributed by atoms with van der Waals surface area (Å²) in [5.74, 6) is 0.329. The monoisotopic (exact) mass is 311 g/mol. The summed E-state index contributed by atoms with van der Waals surface area (Å²) in [4.78, 5) is 13.0. The first-order valence-electron chi connectivity index (χ1n) is 7.69. The molecule has 0 saturated carbocycles. The third-order valence-electron chi connectivity index (χ3n) is 3.94. The van der Waals surface area contributed by atoms with Crippen molar-refractivity contribution in [2.45, 2.75) is 19.3 Å². The summed E-state index contributed by atoms with van der Waals surface area (Å²) < 4.78 is 5.05. The van der Waals surface area contributed by atoms with Gasteiger partial charge in [0.2, 0.25) is 5.91 Å². The molecule has 0 unspecified atom stereocenters. The minimum Gasteiger partial charge on any atom is -0.369 e. The largest absolute Gasteiger partial charge is 0.369 e. The van der Waals surface area contributed by atoms with Crippen molar-refractivity contribution in [3.8, 4) is 11.3 Å². The Morgan fingerprint density at radius 1 is 1.22 bits per heavy atom. The van der Waals surface area contributed by atoms with E-state index in [4.69, 9.17) is 15.7 Å². The predicted octanol–water partition coefficient (Wildman–Crippen LogP) is 2.19. The van der Waals surface area contributed by atoms with Crippen molar-refractivity contribution in [3.05, 3.63) is 48.1 Å². The number of aromatic nitrogens is 1. The zero-order valence-electron chi connectivity index (χ0n) is 12.8. The fraction of sp³-hybridized carbons (Fsp3) is 0.294. The zero-order valence-corrected chi connectivity index (χ0v) is 12.8. The number of carbonyl (C=O) groups is 1. The molecule has 1 saturated heterocycles. The second-order valence-corrected chi connectivity index (χ2v) is 5.63. The molecule has 1 aliphatic rings. The Hall–Kier alpha value is -2.63. The first-order chi connectivity index (χ1) is 11.1. The van der Waals surface area contributed by atoms with Crippen LogP contribution in [0.25, 0.3) is 11.3 Å². The lowest BCUT2D eigenvalue weighted by atomic mass is 10.1. The number of likely N-dealkylation sites (tertiary alicyclic amines) is 1. The average molecular weight is 311 g/mol. The topological polar surface area (TPSA) is 96.2 Å². The summed E-state index contributed by atoms with van der Waals surface area (Å²) in [6.07, 6.45) is 4.74. The van der Waals surface area contributed by atoms with Gasteiger partial charge in [-0.3, -0.25) is 10.2 Å². The maximum atomic E-state index is 10.8. The Morgan fingerprint density at radius 3 is 2.57 bits per heavy atom. The predicted molar refractivity (Wildman–Crippen MR) is 86.8 cm³/mol. The van der Waals surface area contributed by atoms with Crippen LogP contribution in [0.5, 0.6) is 0 Å². The molecule has 1 radical (unpaired) electrons. The Labute approximate surface area is 134 Å². The number of primary amides is 1. The van der Waals surface area contributed by atoms with Gasteiger partial charge in [0.1, 0.15) is 18.0 Å². The van der Waals surface area contributed by atoms with Crippen molar-refractivity contribution in [2.75, 3.05) is 13.1 Å². The van der Waals surface area contributed by atoms with E-state index in [1.165, 1.54) is 12.8 Å². The number of amides is 1. The molecular formula is C17H19N4O2. The second-order valence-electron chi connectivity index (χ2n) is 5.63. The van der Waals surface area contributed by atoms with Crippen molar-refractivity contribution < 1.29 is 9.32 Å². The van der Waals surface area contributed by atoms with Crippen LogP contribution in [0.3, 0.4) is 0 Å². The molecule has 0 atom stereocenters. The van der Waals surface area contributed by atoms with E-state index in [9.17, 15) is 4.79 Å². The lowest BCUT2D eigenvalue weighted by Crippen LogP contribution is -2.35. The van der Waals surface area contributed by atoms with Gasteiger partial charge in [-0.15, -0.1) is 0 Å². The highest BCUT2D eigenvalue weighted by atomic mass is 16.5. The van der Waals surface area contributed by atoms with Crippen molar-refractivity contribution in [1.29, 1.82) is 5.41 Å². The molecule has 3 rings (SSSR count). The molecule has 1 aromatic heterocycles. The maximum Gasteiger partial charge on any atom is 0.229 e. The molecule has 23 heavy (non-hydrogen) atoms. The summed E-state index contributed by atoms with van der Waals surface area (Å²) in [5.41, 5.74) is 7.48. The Bertz CT molecular complexity index is 700. The first kappa shape index (κ1) is 15.3. The number of carbonyl (C=O) groups excluding carboxylic acids is 1. The maximum absolute atomic E-state index is 10.8. The lowest BCUT2D eigenvalue weighted by Gasteiger charge is -2.29. The van der Waals surface area contributed by atoms with Crippen LogP contribution in [0, 0.1) is 11.8 Å². The van der Waals surface area contributed by atoms with Crippen molar-refractivity contribution in [3.63, 3.8) is 0 Å². The molecule has 3 N–H and O–H groups in total. The molecule has 1 amide bonds. The molecule has 1 aromatic carbocycles. The van der Waals surface area contributed by atoms with Crippen LogP contribution in [0.2, 0.25) is 0 Å². The van der Waals surface area contributed by atoms with Gasteiger partial charge in [0.05, 0.1) is 0 Å². The summed E-state index contributed by atoms with van der Waals surface area (Å²) in [7, 11) is 0. The summed E-state index contributed by atoms with van der Waals surface area (Å²) in [5, 5.41) is 12.2. The molecule has 1 aliphatic heterocycles. The van der Waals surface area contributed by atoms with Gasteiger partial charge < -0.3 is 15.2 Å². The second kappa shape index (κ2) is 6.64. The van der Waals surface area contributed by atoms with Crippen LogP contribution in [0.15, 0.2) is 34.9 Å². The summed E-state index contributed by atoms with van der Waals surface area (Å²) >= 11 is 0. The van der Waals surface area contributed by atoms with Gasteiger partial charge >= 0.3 is 0 Å². The highest BCUT2D eigenvalue weighted by Crippen LogP contribution is 2.21. The minimum absolute atomic E-state index is 0.331. The molecule has 6 heteroatoms. The molecule has 0 bridgehead atoms. The molecule has 119 valence electrons. The van der Waals surface area contributed by atoms with E-state index >= 15 is 0 Å². The molecule has 0 spiro atoms. The van der Waals surface area contributed by atoms with Crippen molar-refractivity contribution in [2.24, 2.45) is 5.73 Å². The molecule has 2 heterocycles. The van der Waals surface area contributed by atoms with Gasteiger partial charge in [-0.2, -0.15) is 0 Å². The van der Waals surface area contributed by atoms with Crippen LogP contribution in [-0.4, -0.2) is 34.9 Å². The number of nitrogens with zero attached hydrogens (tertiary/aromatic N) is 2. The van der Waals surface area contributed by atoms with Crippen LogP contribution in [0.1, 0.15) is 30.6 Å². The Balaban J connectivity index is 1.72. The number of nitrogens with one attached hydrogen (secondary N) is 1. The van der Waals surface area contributed by atoms with Crippen molar-refractivity contribution >= 4 is 11.7 Å². The molecule has 1 fully saturated rings. The number of nitrogens with two attached hydrogens (primary N) is 1. The molecular weight excluding hydrogens is 292 g/mol. The summed E-state index contributed by atoms with van der Waals surface area (Å²) in [6.45, 7) is 1.91. The Morgan fingerprint density at radius 2 is 1.91 bits per heavy atom. The smallest absolute Gasteiger partial charge is 0.229 e. The van der Waals surface area contributed by atoms with E-state index in [0.29, 0.717) is 17.3 Å². The SMILES string of the molecule is N=C(c1ccc(-c2cc([CH]C(N)=O)on2)cc1)N1CCCCC1. The quantitative estimate of drug-likeness (QED) is 0.668. The van der Waals surface area contributed by atoms with Gasteiger partial charge in [-0.1, -0.05) is 29.4 Å². The fourth-order valence-electron chi connectivity index (χ4n) is 2.73. The van der Waals surface area contributed by atoms with Crippen LogP contribution in [0.4, 0.5) is 0 Å². The standard InChI is InChI=1S/C17H19N4O2/c18-16(22)11-14-10-15(20-23-14)12-4-6-13(7-5-12)17(19)21-8-2-1-3-9-21/h4-7,10-11,19H,1-3,8-9H2,(H2,18,22). The van der Waals surface area contributed by atoms with E-state index in [-0.39, 0.29) is 0 Å². The van der Waals surface area contributed by atoms with E-state index in [0.717, 1.165) is 37.1 Å². The van der Waals surface area contributed by atoms with Gasteiger partial charge in [-0.25, -0.2) is 0 Å². The number of hydrogen-bond acceptors (Lipinski definition) is 4. The fourth-order valence-corrected chi connectivity index (χ4v) is 2.73. The zero-order chi connectivity index (χ0) is 16.2. The minimum atomic E-state index is -0.571. The Kier molecular flexibility index (Phi) is 4.41. The van der Waals surface area contributed by atoms with Crippen LogP contribution in [-0.2, 0) is 4.79 Å². The highest BCUT2D eigenvalue weighted by molar-refractivity contribution is 5.96. The highest BCUT2D eigenvalue weighted by Gasteiger charge is 2.15. The lowest BCUT2D eigenvalue weighted by molar-refractivity contribution is -0.114. The van der Waals surface area contributed by atoms with Crippen LogP contribution < -0.4 is 5.73 Å². The van der Waals surface area contributed by atoms with Crippen LogP contribution >= 0.6 is 0 Å². The average Bonchev–Trinajstić information content (AvgIpc) is 3.03. The van der Waals surface area contributed by atoms with Gasteiger partial charge in [-0.05, 0) is 19.3 Å². The number of amidine groups is 1. The van der Waals surface area contributed by atoms with Gasteiger partial charge in [0, 0.05) is 30.3 Å². The number of hydrogen-bond donors (Lipinski definition) is 2. The first-order valence-corrected chi connectivity index (χ1v) is 7.69. The van der Waals surface area contributed by atoms with Crippen molar-refractivity contribution in [1.82, 2.24) is 10.1 Å². The molecule has 2 aromatic rings. The van der Waals surface area contributed by atoms with Gasteiger partial charge in [0.25, 0.3) is 0 Å². The van der Waals surface area contributed by atoms with E-state index in [2.05, 4.69) is 10.1 Å².